The lowest BCUT2D eigenvalue weighted by atomic mass is 10.1. The largest absolute Gasteiger partial charge is 0.418 e. The summed E-state index contributed by atoms with van der Waals surface area (Å²) in [6.07, 6.45) is -6.97. The van der Waals surface area contributed by atoms with E-state index in [1.54, 1.807) is 6.92 Å². The van der Waals surface area contributed by atoms with Gasteiger partial charge in [0.15, 0.2) is 6.10 Å². The molecular weight excluding hydrogens is 181 g/mol. The molecule has 4 heteroatoms. The van der Waals surface area contributed by atoms with Crippen molar-refractivity contribution in [2.75, 3.05) is 0 Å². The van der Waals surface area contributed by atoms with E-state index < -0.39 is 12.3 Å². The van der Waals surface area contributed by atoms with Crippen LogP contribution >= 0.6 is 0 Å². The average molecular weight is 190 g/mol. The number of halogens is 3. The molecule has 72 valence electrons. The Labute approximate surface area is 73.8 Å². The molecule has 13 heavy (non-hydrogen) atoms. The van der Waals surface area contributed by atoms with Crippen molar-refractivity contribution in [2.24, 2.45) is 0 Å². The van der Waals surface area contributed by atoms with Gasteiger partial charge in [-0.25, -0.2) is 0 Å². The fourth-order valence-corrected chi connectivity index (χ4v) is 0.938. The molecule has 0 bridgehead atoms. The summed E-state index contributed by atoms with van der Waals surface area (Å²) in [6, 6.07) is 5.61. The first-order valence-electron chi connectivity index (χ1n) is 3.72. The normalized spacial score (nSPS) is 14.2. The van der Waals surface area contributed by atoms with Crippen LogP contribution in [-0.2, 0) is 0 Å². The topological polar surface area (TPSA) is 20.2 Å². The van der Waals surface area contributed by atoms with Crippen molar-refractivity contribution in [2.45, 2.75) is 19.2 Å². The molecule has 0 amide bonds. The van der Waals surface area contributed by atoms with E-state index in [1.807, 2.05) is 0 Å². The highest BCUT2D eigenvalue weighted by molar-refractivity contribution is 5.23. The predicted octanol–water partition coefficient (Wildman–Crippen LogP) is 2.59. The summed E-state index contributed by atoms with van der Waals surface area (Å²) in [6.45, 7) is 1.77. The number of aliphatic hydroxyl groups is 1. The van der Waals surface area contributed by atoms with Gasteiger partial charge >= 0.3 is 6.18 Å². The molecule has 0 radical (unpaired) electrons. The molecule has 1 N–H and O–H groups in total. The van der Waals surface area contributed by atoms with Crippen molar-refractivity contribution < 1.29 is 18.3 Å². The van der Waals surface area contributed by atoms with Gasteiger partial charge in [0.2, 0.25) is 0 Å². The van der Waals surface area contributed by atoms with E-state index in [0.717, 1.165) is 5.56 Å². The zero-order valence-electron chi connectivity index (χ0n) is 6.97. The van der Waals surface area contributed by atoms with E-state index >= 15 is 0 Å². The quantitative estimate of drug-likeness (QED) is 0.721. The van der Waals surface area contributed by atoms with Crippen LogP contribution in [0.4, 0.5) is 13.2 Å². The molecule has 0 spiro atoms. The fourth-order valence-electron chi connectivity index (χ4n) is 0.938. The minimum atomic E-state index is -4.59. The van der Waals surface area contributed by atoms with Gasteiger partial charge in [0.1, 0.15) is 0 Å². The van der Waals surface area contributed by atoms with Crippen molar-refractivity contribution in [3.05, 3.63) is 35.4 Å². The average Bonchev–Trinajstić information content (AvgIpc) is 2.03. The Hall–Kier alpha value is -1.03. The summed E-state index contributed by atoms with van der Waals surface area (Å²) in [5.74, 6) is 0. The first kappa shape index (κ1) is 10.1. The molecule has 0 saturated carbocycles. The van der Waals surface area contributed by atoms with Crippen LogP contribution < -0.4 is 0 Å². The van der Waals surface area contributed by atoms with E-state index in [4.69, 9.17) is 5.11 Å². The van der Waals surface area contributed by atoms with E-state index in [1.165, 1.54) is 24.3 Å². The van der Waals surface area contributed by atoms with Crippen LogP contribution in [0.25, 0.3) is 0 Å². The fraction of sp³-hybridized carbons (Fsp3) is 0.333. The number of aryl methyl sites for hydroxylation is 1. The van der Waals surface area contributed by atoms with Gasteiger partial charge in [0.25, 0.3) is 0 Å². The summed E-state index contributed by atoms with van der Waals surface area (Å²) in [5, 5.41) is 8.82. The number of hydrogen-bond donors (Lipinski definition) is 1. The molecule has 0 aromatic heterocycles. The molecule has 0 fully saturated rings. The summed E-state index contributed by atoms with van der Waals surface area (Å²) in [5.41, 5.74) is 0.733. The zero-order valence-corrected chi connectivity index (χ0v) is 6.97. The van der Waals surface area contributed by atoms with Gasteiger partial charge in [-0.15, -0.1) is 0 Å². The Bertz CT molecular complexity index is 276. The maximum atomic E-state index is 12.0. The molecule has 1 atom stereocenters. The monoisotopic (exact) mass is 190 g/mol. The third kappa shape index (κ3) is 2.45. The minimum absolute atomic E-state index is 0.127. The Morgan fingerprint density at radius 2 is 1.62 bits per heavy atom. The molecule has 0 aliphatic carbocycles. The highest BCUT2D eigenvalue weighted by Crippen LogP contribution is 2.32. The van der Waals surface area contributed by atoms with Crippen LogP contribution in [0.2, 0.25) is 0 Å². The van der Waals surface area contributed by atoms with Crippen LogP contribution in [0, 0.1) is 6.92 Å². The van der Waals surface area contributed by atoms with Gasteiger partial charge in [-0.05, 0) is 12.5 Å². The molecular formula is C9H9F3O. The Kier molecular flexibility index (Phi) is 2.61. The molecule has 0 unspecified atom stereocenters. The first-order valence-corrected chi connectivity index (χ1v) is 3.72. The Balaban J connectivity index is 2.90. The number of alkyl halides is 3. The maximum Gasteiger partial charge on any atom is 0.418 e. The van der Waals surface area contributed by atoms with Crippen LogP contribution in [0.3, 0.4) is 0 Å². The molecule has 0 saturated heterocycles. The lowest BCUT2D eigenvalue weighted by Crippen LogP contribution is -2.19. The van der Waals surface area contributed by atoms with Gasteiger partial charge in [0, 0.05) is 0 Å². The number of aliphatic hydroxyl groups excluding tert-OH is 1. The Morgan fingerprint density at radius 3 is 2.00 bits per heavy atom. The lowest BCUT2D eigenvalue weighted by Gasteiger charge is -2.14. The summed E-state index contributed by atoms with van der Waals surface area (Å²) < 4.78 is 36.0. The standard InChI is InChI=1S/C9H9F3O/c1-6-2-4-7(5-3-6)8(13)9(10,11)12/h2-5,8,13H,1H3/t8-/m1/s1. The van der Waals surface area contributed by atoms with Gasteiger partial charge in [-0.3, -0.25) is 0 Å². The minimum Gasteiger partial charge on any atom is -0.379 e. The summed E-state index contributed by atoms with van der Waals surface area (Å²) in [4.78, 5) is 0. The van der Waals surface area contributed by atoms with Crippen molar-refractivity contribution >= 4 is 0 Å². The number of benzene rings is 1. The van der Waals surface area contributed by atoms with Crippen LogP contribution in [-0.4, -0.2) is 11.3 Å². The van der Waals surface area contributed by atoms with Crippen LogP contribution in [0.1, 0.15) is 17.2 Å². The van der Waals surface area contributed by atoms with E-state index in [-0.39, 0.29) is 5.56 Å². The molecule has 1 rings (SSSR count). The molecule has 0 aliphatic rings. The molecule has 1 aromatic rings. The maximum absolute atomic E-state index is 12.0. The molecule has 0 aliphatic heterocycles. The SMILES string of the molecule is Cc1ccc([C@@H](O)C(F)(F)F)cc1. The first-order chi connectivity index (χ1) is 5.91. The second-order valence-electron chi connectivity index (χ2n) is 2.85. The lowest BCUT2D eigenvalue weighted by molar-refractivity contribution is -0.206. The molecule has 0 heterocycles. The third-order valence-corrected chi connectivity index (χ3v) is 1.70. The van der Waals surface area contributed by atoms with Crippen LogP contribution in [0.15, 0.2) is 24.3 Å². The molecule has 1 nitrogen and oxygen atoms in total. The van der Waals surface area contributed by atoms with Crippen molar-refractivity contribution in [1.29, 1.82) is 0 Å². The van der Waals surface area contributed by atoms with Gasteiger partial charge in [0.05, 0.1) is 0 Å². The summed E-state index contributed by atoms with van der Waals surface area (Å²) >= 11 is 0. The highest BCUT2D eigenvalue weighted by atomic mass is 19.4. The number of rotatable bonds is 1. The van der Waals surface area contributed by atoms with Crippen LogP contribution in [0.5, 0.6) is 0 Å². The second kappa shape index (κ2) is 3.38. The van der Waals surface area contributed by atoms with E-state index in [9.17, 15) is 13.2 Å². The summed E-state index contributed by atoms with van der Waals surface area (Å²) in [7, 11) is 0. The predicted molar refractivity (Wildman–Crippen MR) is 42.2 cm³/mol. The zero-order chi connectivity index (χ0) is 10.1. The van der Waals surface area contributed by atoms with E-state index in [0.29, 0.717) is 0 Å². The molecule has 1 aromatic carbocycles. The van der Waals surface area contributed by atoms with Gasteiger partial charge in [-0.1, -0.05) is 29.8 Å². The Morgan fingerprint density at radius 1 is 1.15 bits per heavy atom. The van der Waals surface area contributed by atoms with E-state index in [2.05, 4.69) is 0 Å². The van der Waals surface area contributed by atoms with Gasteiger partial charge in [-0.2, -0.15) is 13.2 Å². The van der Waals surface area contributed by atoms with Crippen molar-refractivity contribution in [1.82, 2.24) is 0 Å². The third-order valence-electron chi connectivity index (χ3n) is 1.70. The van der Waals surface area contributed by atoms with Gasteiger partial charge < -0.3 is 5.11 Å². The smallest absolute Gasteiger partial charge is 0.379 e. The highest BCUT2D eigenvalue weighted by Gasteiger charge is 2.39. The number of hydrogen-bond acceptors (Lipinski definition) is 1. The van der Waals surface area contributed by atoms with Crippen molar-refractivity contribution in [3.8, 4) is 0 Å². The van der Waals surface area contributed by atoms with Crippen molar-refractivity contribution in [3.63, 3.8) is 0 Å². The second-order valence-corrected chi connectivity index (χ2v) is 2.85.